The molecule has 6 nitrogen and oxygen atoms in total. The third-order valence-corrected chi connectivity index (χ3v) is 4.68. The van der Waals surface area contributed by atoms with E-state index in [4.69, 9.17) is 9.26 Å². The van der Waals surface area contributed by atoms with Crippen LogP contribution in [0.3, 0.4) is 0 Å². The van der Waals surface area contributed by atoms with Gasteiger partial charge in [-0.3, -0.25) is 4.79 Å². The standard InChI is InChI=1S/C20H17F2N3O3/c1-27-17-5-3-2-4-15(17)19-23-20(28-24-19)16-6-7-18(26)25(16)11-12-8-13(21)10-14(22)9-12/h2-5,8-10,16H,6-7,11H2,1H3. The van der Waals surface area contributed by atoms with Crippen LogP contribution in [0.2, 0.25) is 0 Å². The second-order valence-electron chi connectivity index (χ2n) is 6.51. The first kappa shape index (κ1) is 18.1. The molecule has 1 aliphatic rings. The van der Waals surface area contributed by atoms with Gasteiger partial charge < -0.3 is 14.2 Å². The maximum Gasteiger partial charge on any atom is 0.249 e. The fraction of sp³-hybridized carbons (Fsp3) is 0.250. The molecule has 0 spiro atoms. The first-order valence-corrected chi connectivity index (χ1v) is 8.76. The lowest BCUT2D eigenvalue weighted by Gasteiger charge is -2.22. The summed E-state index contributed by atoms with van der Waals surface area (Å²) in [6.45, 7) is 0.0601. The molecule has 1 aromatic heterocycles. The topological polar surface area (TPSA) is 68.5 Å². The first-order valence-electron chi connectivity index (χ1n) is 8.76. The monoisotopic (exact) mass is 385 g/mol. The molecule has 3 aromatic rings. The van der Waals surface area contributed by atoms with E-state index < -0.39 is 17.7 Å². The zero-order chi connectivity index (χ0) is 19.7. The Morgan fingerprint density at radius 2 is 1.96 bits per heavy atom. The van der Waals surface area contributed by atoms with Crippen LogP contribution in [0.1, 0.15) is 30.3 Å². The van der Waals surface area contributed by atoms with Gasteiger partial charge in [0.25, 0.3) is 0 Å². The molecule has 0 bridgehead atoms. The van der Waals surface area contributed by atoms with Crippen LogP contribution < -0.4 is 4.74 Å². The molecule has 0 N–H and O–H groups in total. The molecule has 1 aliphatic heterocycles. The van der Waals surface area contributed by atoms with Crippen molar-refractivity contribution in [2.75, 3.05) is 7.11 Å². The number of nitrogens with zero attached hydrogens (tertiary/aromatic N) is 3. The van der Waals surface area contributed by atoms with Gasteiger partial charge in [0.05, 0.1) is 12.7 Å². The Balaban J connectivity index is 1.61. The van der Waals surface area contributed by atoms with Crippen LogP contribution in [0.5, 0.6) is 5.75 Å². The molecule has 1 amide bonds. The van der Waals surface area contributed by atoms with Crippen LogP contribution in [0, 0.1) is 11.6 Å². The van der Waals surface area contributed by atoms with Gasteiger partial charge in [0, 0.05) is 19.0 Å². The minimum absolute atomic E-state index is 0.0601. The lowest BCUT2D eigenvalue weighted by atomic mass is 10.1. The Bertz CT molecular complexity index is 1000. The summed E-state index contributed by atoms with van der Waals surface area (Å²) in [5.74, 6) is -0.271. The lowest BCUT2D eigenvalue weighted by Crippen LogP contribution is -2.27. The number of methoxy groups -OCH3 is 1. The van der Waals surface area contributed by atoms with Crippen molar-refractivity contribution in [2.45, 2.75) is 25.4 Å². The second kappa shape index (κ2) is 7.38. The number of carbonyl (C=O) groups excluding carboxylic acids is 1. The molecule has 1 unspecified atom stereocenters. The summed E-state index contributed by atoms with van der Waals surface area (Å²) in [6.07, 6.45) is 0.791. The van der Waals surface area contributed by atoms with E-state index in [0.29, 0.717) is 35.5 Å². The summed E-state index contributed by atoms with van der Waals surface area (Å²) in [5, 5.41) is 4.01. The number of para-hydroxylation sites is 1. The van der Waals surface area contributed by atoms with Crippen molar-refractivity contribution >= 4 is 5.91 Å². The van der Waals surface area contributed by atoms with Crippen LogP contribution in [0.4, 0.5) is 8.78 Å². The van der Waals surface area contributed by atoms with Crippen molar-refractivity contribution in [3.63, 3.8) is 0 Å². The predicted octanol–water partition coefficient (Wildman–Crippen LogP) is 3.89. The van der Waals surface area contributed by atoms with Gasteiger partial charge in [-0.25, -0.2) is 8.78 Å². The summed E-state index contributed by atoms with van der Waals surface area (Å²) in [7, 11) is 1.55. The summed E-state index contributed by atoms with van der Waals surface area (Å²) in [6, 6.07) is 10.0. The van der Waals surface area contributed by atoms with E-state index in [0.717, 1.165) is 6.07 Å². The molecule has 144 valence electrons. The Hall–Kier alpha value is -3.29. The van der Waals surface area contributed by atoms with Crippen LogP contribution in [0.25, 0.3) is 11.4 Å². The van der Waals surface area contributed by atoms with E-state index >= 15 is 0 Å². The molecule has 4 rings (SSSR count). The van der Waals surface area contributed by atoms with Gasteiger partial charge in [-0.15, -0.1) is 0 Å². The molecule has 0 aliphatic carbocycles. The molecule has 0 radical (unpaired) electrons. The van der Waals surface area contributed by atoms with Gasteiger partial charge >= 0.3 is 0 Å². The molecule has 1 fully saturated rings. The molecule has 1 saturated heterocycles. The van der Waals surface area contributed by atoms with Crippen molar-refractivity contribution < 1.29 is 22.8 Å². The maximum absolute atomic E-state index is 13.5. The van der Waals surface area contributed by atoms with Crippen molar-refractivity contribution in [1.29, 1.82) is 0 Å². The highest BCUT2D eigenvalue weighted by Crippen LogP contribution is 2.35. The smallest absolute Gasteiger partial charge is 0.249 e. The molecule has 0 saturated carbocycles. The van der Waals surface area contributed by atoms with Gasteiger partial charge in [-0.2, -0.15) is 4.98 Å². The molecular formula is C20H17F2N3O3. The van der Waals surface area contributed by atoms with E-state index in [1.165, 1.54) is 17.0 Å². The van der Waals surface area contributed by atoms with Gasteiger partial charge in [0.2, 0.25) is 17.6 Å². The number of hydrogen-bond acceptors (Lipinski definition) is 5. The van der Waals surface area contributed by atoms with Gasteiger partial charge in [0.1, 0.15) is 23.4 Å². The predicted molar refractivity (Wildman–Crippen MR) is 95.2 cm³/mol. The minimum atomic E-state index is -0.686. The summed E-state index contributed by atoms with van der Waals surface area (Å²) >= 11 is 0. The fourth-order valence-electron chi connectivity index (χ4n) is 3.40. The van der Waals surface area contributed by atoms with Crippen LogP contribution in [-0.4, -0.2) is 28.1 Å². The Morgan fingerprint density at radius 1 is 1.21 bits per heavy atom. The van der Waals surface area contributed by atoms with Gasteiger partial charge in [0.15, 0.2) is 0 Å². The number of aromatic nitrogens is 2. The van der Waals surface area contributed by atoms with E-state index in [1.54, 1.807) is 19.2 Å². The van der Waals surface area contributed by atoms with E-state index in [1.807, 2.05) is 12.1 Å². The van der Waals surface area contributed by atoms with Crippen molar-refractivity contribution in [1.82, 2.24) is 15.0 Å². The molecule has 2 aromatic carbocycles. The fourth-order valence-corrected chi connectivity index (χ4v) is 3.40. The van der Waals surface area contributed by atoms with Gasteiger partial charge in [-0.1, -0.05) is 17.3 Å². The normalized spacial score (nSPS) is 16.6. The summed E-state index contributed by atoms with van der Waals surface area (Å²) < 4.78 is 37.7. The number of ether oxygens (including phenoxy) is 1. The quantitative estimate of drug-likeness (QED) is 0.667. The van der Waals surface area contributed by atoms with E-state index in [9.17, 15) is 13.6 Å². The number of benzene rings is 2. The Kier molecular flexibility index (Phi) is 4.77. The average molecular weight is 385 g/mol. The minimum Gasteiger partial charge on any atom is -0.496 e. The van der Waals surface area contributed by atoms with Gasteiger partial charge in [-0.05, 0) is 36.2 Å². The Labute approximate surface area is 159 Å². The Morgan fingerprint density at radius 3 is 2.71 bits per heavy atom. The largest absolute Gasteiger partial charge is 0.496 e. The average Bonchev–Trinajstić information content (AvgIpc) is 3.28. The number of rotatable bonds is 5. The van der Waals surface area contributed by atoms with Crippen LogP contribution >= 0.6 is 0 Å². The molecule has 2 heterocycles. The maximum atomic E-state index is 13.5. The second-order valence-corrected chi connectivity index (χ2v) is 6.51. The number of likely N-dealkylation sites (tertiary alicyclic amines) is 1. The number of hydrogen-bond donors (Lipinski definition) is 0. The third-order valence-electron chi connectivity index (χ3n) is 4.68. The highest BCUT2D eigenvalue weighted by Gasteiger charge is 2.36. The first-order chi connectivity index (χ1) is 13.5. The SMILES string of the molecule is COc1ccccc1-c1noc(C2CCC(=O)N2Cc2cc(F)cc(F)c2)n1. The molecule has 8 heteroatoms. The van der Waals surface area contributed by atoms with Crippen molar-refractivity contribution in [2.24, 2.45) is 0 Å². The zero-order valence-electron chi connectivity index (χ0n) is 15.1. The van der Waals surface area contributed by atoms with Crippen molar-refractivity contribution in [3.8, 4) is 17.1 Å². The zero-order valence-corrected chi connectivity index (χ0v) is 15.1. The van der Waals surface area contributed by atoms with Crippen molar-refractivity contribution in [3.05, 3.63) is 65.6 Å². The summed E-state index contributed by atoms with van der Waals surface area (Å²) in [4.78, 5) is 18.3. The number of amides is 1. The summed E-state index contributed by atoms with van der Waals surface area (Å²) in [5.41, 5.74) is 1.03. The number of halogens is 2. The van der Waals surface area contributed by atoms with E-state index in [-0.39, 0.29) is 18.3 Å². The van der Waals surface area contributed by atoms with Crippen LogP contribution in [0.15, 0.2) is 47.0 Å². The highest BCUT2D eigenvalue weighted by molar-refractivity contribution is 5.79. The third kappa shape index (κ3) is 3.45. The highest BCUT2D eigenvalue weighted by atomic mass is 19.1. The lowest BCUT2D eigenvalue weighted by molar-refractivity contribution is -0.130. The number of carbonyl (C=O) groups is 1. The van der Waals surface area contributed by atoms with Crippen LogP contribution in [-0.2, 0) is 11.3 Å². The van der Waals surface area contributed by atoms with E-state index in [2.05, 4.69) is 10.1 Å². The molecular weight excluding hydrogens is 368 g/mol. The molecule has 1 atom stereocenters. The molecule has 28 heavy (non-hydrogen) atoms.